The number of carbonyl (C=O) groups is 6. The Hall–Kier alpha value is -5.08. The molecular formula is C36H40N4O10. The number of benzene rings is 2. The van der Waals surface area contributed by atoms with Crippen LogP contribution in [0.25, 0.3) is 0 Å². The average Bonchev–Trinajstić information content (AvgIpc) is 3.62. The van der Waals surface area contributed by atoms with Crippen molar-refractivity contribution >= 4 is 52.6 Å². The summed E-state index contributed by atoms with van der Waals surface area (Å²) < 4.78 is 10.5. The van der Waals surface area contributed by atoms with Crippen LogP contribution in [0.1, 0.15) is 64.0 Å². The number of carbonyl (C=O) groups excluding carboxylic acids is 6. The zero-order valence-electron chi connectivity index (χ0n) is 28.1. The Kier molecular flexibility index (Phi) is 9.51. The second-order valence-electron chi connectivity index (χ2n) is 13.1. The van der Waals surface area contributed by atoms with Crippen molar-refractivity contribution in [1.82, 2.24) is 4.90 Å². The van der Waals surface area contributed by atoms with Crippen molar-refractivity contribution in [3.8, 4) is 0 Å². The van der Waals surface area contributed by atoms with Gasteiger partial charge in [-0.3, -0.25) is 38.6 Å². The molecular weight excluding hydrogens is 648 g/mol. The lowest BCUT2D eigenvalue weighted by molar-refractivity contribution is -0.155. The number of esters is 2. The Morgan fingerprint density at radius 3 is 2.12 bits per heavy atom. The van der Waals surface area contributed by atoms with E-state index in [0.717, 1.165) is 12.8 Å². The van der Waals surface area contributed by atoms with Crippen LogP contribution in [0.2, 0.25) is 0 Å². The summed E-state index contributed by atoms with van der Waals surface area (Å²) in [6.07, 6.45) is 3.41. The standard InChI is InChI=1S/C36H40N4O10/c1-21(6-4-8-30(44)37-15-5-7-27(37)20-41)36(48)28-16-26(40-32(46)18-34(40)50-23(3)43)13-14-29(28)38(35(36)47)19-24-9-11-25(12-10-24)39-31(45)17-33(39)49-22(2)42/h4,6,9-14,16,21,27,33-34,41,48H,5,7-8,15,17-20H2,1-3H3/b6-4+/t21-,27+,33?,34?,36+/m1/s1. The molecule has 0 bridgehead atoms. The zero-order valence-corrected chi connectivity index (χ0v) is 28.1. The summed E-state index contributed by atoms with van der Waals surface area (Å²) >= 11 is 0. The van der Waals surface area contributed by atoms with Crippen LogP contribution in [-0.4, -0.2) is 82.3 Å². The van der Waals surface area contributed by atoms with Gasteiger partial charge in [-0.05, 0) is 48.7 Å². The number of anilines is 3. The van der Waals surface area contributed by atoms with Crippen LogP contribution in [0.3, 0.4) is 0 Å². The van der Waals surface area contributed by atoms with Crippen molar-refractivity contribution in [2.45, 2.75) is 83.5 Å². The van der Waals surface area contributed by atoms with Crippen molar-refractivity contribution in [3.63, 3.8) is 0 Å². The summed E-state index contributed by atoms with van der Waals surface area (Å²) in [5.41, 5.74) is 0.133. The van der Waals surface area contributed by atoms with E-state index < -0.39 is 41.8 Å². The Labute approximate surface area is 288 Å². The maximum atomic E-state index is 14.3. The van der Waals surface area contributed by atoms with Crippen LogP contribution in [0.5, 0.6) is 0 Å². The Balaban J connectivity index is 1.27. The highest BCUT2D eigenvalue weighted by Crippen LogP contribution is 2.48. The summed E-state index contributed by atoms with van der Waals surface area (Å²) in [4.78, 5) is 80.9. The van der Waals surface area contributed by atoms with Crippen molar-refractivity contribution in [2.75, 3.05) is 27.9 Å². The molecule has 4 aliphatic rings. The monoisotopic (exact) mass is 688 g/mol. The Morgan fingerprint density at radius 1 is 0.940 bits per heavy atom. The van der Waals surface area contributed by atoms with Gasteiger partial charge in [0.25, 0.3) is 5.91 Å². The predicted molar refractivity (Wildman–Crippen MR) is 178 cm³/mol. The lowest BCUT2D eigenvalue weighted by Crippen LogP contribution is -2.55. The molecule has 264 valence electrons. The molecule has 14 heteroatoms. The van der Waals surface area contributed by atoms with E-state index >= 15 is 0 Å². The minimum Gasteiger partial charge on any atom is -0.441 e. The first-order valence-electron chi connectivity index (χ1n) is 16.7. The van der Waals surface area contributed by atoms with Crippen molar-refractivity contribution in [3.05, 3.63) is 65.7 Å². The number of hydrogen-bond donors (Lipinski definition) is 2. The zero-order chi connectivity index (χ0) is 35.9. The number of aliphatic hydroxyl groups excluding tert-OH is 1. The summed E-state index contributed by atoms with van der Waals surface area (Å²) in [6, 6.07) is 11.4. The molecule has 3 saturated heterocycles. The van der Waals surface area contributed by atoms with Gasteiger partial charge < -0.3 is 29.5 Å². The summed E-state index contributed by atoms with van der Waals surface area (Å²) in [7, 11) is 0. The predicted octanol–water partition coefficient (Wildman–Crippen LogP) is 2.24. The van der Waals surface area contributed by atoms with Crippen LogP contribution in [0.4, 0.5) is 17.1 Å². The van der Waals surface area contributed by atoms with Gasteiger partial charge in [-0.2, -0.15) is 0 Å². The third-order valence-electron chi connectivity index (χ3n) is 9.79. The van der Waals surface area contributed by atoms with Gasteiger partial charge in [0, 0.05) is 49.7 Å². The number of likely N-dealkylation sites (tertiary alicyclic amines) is 1. The molecule has 0 aromatic heterocycles. The maximum Gasteiger partial charge on any atom is 0.304 e. The highest BCUT2D eigenvalue weighted by atomic mass is 16.6. The van der Waals surface area contributed by atoms with Crippen LogP contribution < -0.4 is 14.7 Å². The molecule has 50 heavy (non-hydrogen) atoms. The number of ether oxygens (including phenoxy) is 2. The molecule has 2 unspecified atom stereocenters. The fourth-order valence-electron chi connectivity index (χ4n) is 7.14. The van der Waals surface area contributed by atoms with Crippen molar-refractivity contribution in [1.29, 1.82) is 0 Å². The summed E-state index contributed by atoms with van der Waals surface area (Å²) in [6.45, 7) is 4.70. The molecule has 0 spiro atoms. The molecule has 2 N–H and O–H groups in total. The van der Waals surface area contributed by atoms with E-state index in [1.54, 1.807) is 66.4 Å². The van der Waals surface area contributed by atoms with Gasteiger partial charge in [-0.25, -0.2) is 0 Å². The fourth-order valence-corrected chi connectivity index (χ4v) is 7.14. The second-order valence-corrected chi connectivity index (χ2v) is 13.1. The maximum absolute atomic E-state index is 14.3. The minimum atomic E-state index is -2.09. The van der Waals surface area contributed by atoms with Crippen LogP contribution in [0, 0.1) is 5.92 Å². The molecule has 0 radical (unpaired) electrons. The molecule has 2 aromatic carbocycles. The number of rotatable bonds is 11. The Morgan fingerprint density at radius 2 is 1.54 bits per heavy atom. The Bertz CT molecular complexity index is 1760. The summed E-state index contributed by atoms with van der Waals surface area (Å²) in [5.74, 6) is -3.11. The first-order chi connectivity index (χ1) is 23.8. The van der Waals surface area contributed by atoms with E-state index in [4.69, 9.17) is 9.47 Å². The average molecular weight is 689 g/mol. The van der Waals surface area contributed by atoms with Gasteiger partial charge in [0.1, 0.15) is 0 Å². The first kappa shape index (κ1) is 34.8. The molecule has 6 rings (SSSR count). The SMILES string of the molecule is CC(=O)OC1CC(=O)N1c1ccc(CN2C(=O)[C@](O)([C@H](C)/C=C/CC(=O)N3CCC[C@H]3CO)c3cc(N4C(=O)CC4OC(C)=O)ccc32)cc1. The highest BCUT2D eigenvalue weighted by Gasteiger charge is 2.53. The van der Waals surface area contributed by atoms with Crippen molar-refractivity contribution < 1.29 is 48.5 Å². The molecule has 0 saturated carbocycles. The molecule has 4 aliphatic heterocycles. The third kappa shape index (κ3) is 6.24. The molecule has 2 aromatic rings. The van der Waals surface area contributed by atoms with E-state index in [0.29, 0.717) is 29.2 Å². The van der Waals surface area contributed by atoms with E-state index in [9.17, 15) is 39.0 Å². The molecule has 0 aliphatic carbocycles. The molecule has 3 fully saturated rings. The van der Waals surface area contributed by atoms with E-state index in [-0.39, 0.29) is 61.7 Å². The van der Waals surface area contributed by atoms with Crippen LogP contribution in [0.15, 0.2) is 54.6 Å². The molecule has 4 amide bonds. The van der Waals surface area contributed by atoms with Crippen molar-refractivity contribution in [2.24, 2.45) is 5.92 Å². The summed E-state index contributed by atoms with van der Waals surface area (Å²) in [5, 5.41) is 21.9. The van der Waals surface area contributed by atoms with Crippen LogP contribution in [-0.2, 0) is 50.4 Å². The smallest absolute Gasteiger partial charge is 0.304 e. The third-order valence-corrected chi connectivity index (χ3v) is 9.79. The first-order valence-corrected chi connectivity index (χ1v) is 16.7. The van der Waals surface area contributed by atoms with Gasteiger partial charge in [-0.1, -0.05) is 31.2 Å². The highest BCUT2D eigenvalue weighted by molar-refractivity contribution is 6.08. The molecule has 5 atom stereocenters. The van der Waals surface area contributed by atoms with Crippen LogP contribution >= 0.6 is 0 Å². The van der Waals surface area contributed by atoms with E-state index in [1.165, 1.54) is 28.5 Å². The topological polar surface area (TPSA) is 174 Å². The normalized spacial score (nSPS) is 25.1. The minimum absolute atomic E-state index is 0.00789. The van der Waals surface area contributed by atoms with Gasteiger partial charge in [0.05, 0.1) is 37.7 Å². The number of aliphatic hydroxyl groups is 2. The number of fused-ring (bicyclic) bond motifs is 1. The largest absolute Gasteiger partial charge is 0.441 e. The van der Waals surface area contributed by atoms with Gasteiger partial charge >= 0.3 is 11.9 Å². The number of hydrogen-bond acceptors (Lipinski definition) is 10. The lowest BCUT2D eigenvalue weighted by atomic mass is 9.82. The number of nitrogens with zero attached hydrogens (tertiary/aromatic N) is 4. The molecule has 14 nitrogen and oxygen atoms in total. The second kappa shape index (κ2) is 13.7. The lowest BCUT2D eigenvalue weighted by Gasteiger charge is -2.39. The van der Waals surface area contributed by atoms with Gasteiger partial charge in [0.2, 0.25) is 17.7 Å². The van der Waals surface area contributed by atoms with Gasteiger partial charge in [0.15, 0.2) is 18.1 Å². The van der Waals surface area contributed by atoms with E-state index in [1.807, 2.05) is 0 Å². The number of β-lactam (4-membered cyclic amide) rings is 2. The number of amides is 4. The molecule has 4 heterocycles. The quantitative estimate of drug-likeness (QED) is 0.203. The van der Waals surface area contributed by atoms with E-state index in [2.05, 4.69) is 0 Å². The fraction of sp³-hybridized carbons (Fsp3) is 0.444. The van der Waals surface area contributed by atoms with Gasteiger partial charge in [-0.15, -0.1) is 0 Å².